The number of halogens is 2. The fraction of sp³-hybridized carbons (Fsp3) is 0.227. The van der Waals surface area contributed by atoms with Crippen molar-refractivity contribution in [3.8, 4) is 11.6 Å². The van der Waals surface area contributed by atoms with Crippen LogP contribution in [0.25, 0.3) is 5.57 Å². The molecule has 3 rings (SSSR count). The van der Waals surface area contributed by atoms with Crippen molar-refractivity contribution in [2.75, 3.05) is 13.2 Å². The van der Waals surface area contributed by atoms with Crippen LogP contribution in [0.2, 0.25) is 5.02 Å². The van der Waals surface area contributed by atoms with E-state index in [2.05, 4.69) is 4.98 Å². The Kier molecular flexibility index (Phi) is 7.38. The summed E-state index contributed by atoms with van der Waals surface area (Å²) in [6, 6.07) is 7.88. The average molecular weight is 447 g/mol. The van der Waals surface area contributed by atoms with Crippen molar-refractivity contribution < 1.29 is 28.6 Å². The van der Waals surface area contributed by atoms with Gasteiger partial charge in [-0.3, -0.25) is 9.59 Å². The molecule has 2 heterocycles. The number of hydrogen-bond donors (Lipinski definition) is 1. The van der Waals surface area contributed by atoms with E-state index < -0.39 is 18.0 Å². The minimum atomic E-state index is -0.989. The molecule has 7 nitrogen and oxygen atoms in total. The lowest BCUT2D eigenvalue weighted by molar-refractivity contribution is -0.145. The fourth-order valence-electron chi connectivity index (χ4n) is 2.84. The largest absolute Gasteiger partial charge is 0.466 e. The van der Waals surface area contributed by atoms with E-state index in [0.717, 1.165) is 17.2 Å². The molecule has 1 atom stereocenters. The molecule has 1 aliphatic rings. The molecule has 1 aliphatic heterocycles. The lowest BCUT2D eigenvalue weighted by atomic mass is 10.0. The average Bonchev–Trinajstić information content (AvgIpc) is 2.72. The summed E-state index contributed by atoms with van der Waals surface area (Å²) >= 11 is 5.68. The Morgan fingerprint density at radius 3 is 2.71 bits per heavy atom. The number of aromatic nitrogens is 1. The van der Waals surface area contributed by atoms with Crippen molar-refractivity contribution in [1.82, 2.24) is 9.88 Å². The zero-order valence-corrected chi connectivity index (χ0v) is 17.4. The molecule has 1 N–H and O–H groups in total. The molecular formula is C22H20ClFN2O5. The number of esters is 1. The van der Waals surface area contributed by atoms with Crippen LogP contribution in [0.4, 0.5) is 4.39 Å². The fourth-order valence-corrected chi connectivity index (χ4v) is 2.99. The van der Waals surface area contributed by atoms with Gasteiger partial charge in [0.2, 0.25) is 0 Å². The van der Waals surface area contributed by atoms with Crippen LogP contribution >= 0.6 is 11.6 Å². The quantitative estimate of drug-likeness (QED) is 0.488. The highest BCUT2D eigenvalue weighted by Crippen LogP contribution is 2.27. The van der Waals surface area contributed by atoms with Crippen LogP contribution in [0, 0.1) is 5.82 Å². The number of ether oxygens (including phenoxy) is 2. The van der Waals surface area contributed by atoms with Gasteiger partial charge in [0, 0.05) is 12.4 Å². The third-order valence-electron chi connectivity index (χ3n) is 4.27. The van der Waals surface area contributed by atoms with Gasteiger partial charge in [0.25, 0.3) is 5.88 Å². The van der Waals surface area contributed by atoms with E-state index in [1.165, 1.54) is 17.2 Å². The molecule has 0 amide bonds. The first-order chi connectivity index (χ1) is 14.9. The Hall–Kier alpha value is -3.23. The zero-order chi connectivity index (χ0) is 22.4. The third kappa shape index (κ3) is 6.13. The summed E-state index contributed by atoms with van der Waals surface area (Å²) in [6.07, 6.45) is 4.82. The summed E-state index contributed by atoms with van der Waals surface area (Å²) in [6.45, 7) is 1.72. The van der Waals surface area contributed by atoms with Crippen LogP contribution < -0.4 is 4.74 Å². The van der Waals surface area contributed by atoms with Gasteiger partial charge in [0.05, 0.1) is 18.2 Å². The van der Waals surface area contributed by atoms with Crippen LogP contribution in [0.15, 0.2) is 54.9 Å². The number of aliphatic hydroxyl groups is 1. The topological polar surface area (TPSA) is 89.0 Å². The Morgan fingerprint density at radius 1 is 1.29 bits per heavy atom. The van der Waals surface area contributed by atoms with Crippen LogP contribution in [0.3, 0.4) is 0 Å². The number of carbonyl (C=O) groups is 2. The van der Waals surface area contributed by atoms with E-state index in [0.29, 0.717) is 5.75 Å². The van der Waals surface area contributed by atoms with Gasteiger partial charge in [0.15, 0.2) is 11.6 Å². The van der Waals surface area contributed by atoms with Gasteiger partial charge in [-0.05, 0) is 42.3 Å². The van der Waals surface area contributed by atoms with E-state index >= 15 is 0 Å². The molecule has 0 fully saturated rings. The molecule has 2 aromatic rings. The summed E-state index contributed by atoms with van der Waals surface area (Å²) < 4.78 is 24.0. The highest BCUT2D eigenvalue weighted by Gasteiger charge is 2.20. The Balaban J connectivity index is 1.68. The highest BCUT2D eigenvalue weighted by molar-refractivity contribution is 6.30. The number of ketones is 1. The molecule has 0 spiro atoms. The van der Waals surface area contributed by atoms with Crippen molar-refractivity contribution in [1.29, 1.82) is 0 Å². The third-order valence-corrected chi connectivity index (χ3v) is 4.48. The van der Waals surface area contributed by atoms with Crippen LogP contribution in [0.1, 0.15) is 18.9 Å². The summed E-state index contributed by atoms with van der Waals surface area (Å²) in [7, 11) is 0. The van der Waals surface area contributed by atoms with Gasteiger partial charge in [-0.1, -0.05) is 29.8 Å². The number of carbonyl (C=O) groups excluding carboxylic acids is 2. The Labute approximate surface area is 183 Å². The molecule has 162 valence electrons. The number of pyridine rings is 1. The van der Waals surface area contributed by atoms with Crippen LogP contribution in [0.5, 0.6) is 11.6 Å². The second-order valence-corrected chi connectivity index (χ2v) is 7.05. The number of allylic oxidation sites excluding steroid dienone is 2. The maximum Gasteiger partial charge on any atom is 0.313 e. The van der Waals surface area contributed by atoms with E-state index in [-0.39, 0.29) is 36.3 Å². The predicted molar refractivity (Wildman–Crippen MR) is 112 cm³/mol. The number of nitrogens with zero attached hydrogens (tertiary/aromatic N) is 2. The van der Waals surface area contributed by atoms with Gasteiger partial charge < -0.3 is 19.5 Å². The van der Waals surface area contributed by atoms with Crippen molar-refractivity contribution in [3.63, 3.8) is 0 Å². The van der Waals surface area contributed by atoms with Crippen LogP contribution in [-0.4, -0.2) is 46.1 Å². The molecule has 0 saturated carbocycles. The molecule has 1 aromatic heterocycles. The first-order valence-corrected chi connectivity index (χ1v) is 9.84. The normalized spacial score (nSPS) is 15.4. The van der Waals surface area contributed by atoms with Crippen molar-refractivity contribution in [2.24, 2.45) is 0 Å². The van der Waals surface area contributed by atoms with Gasteiger partial charge >= 0.3 is 5.97 Å². The molecule has 0 aliphatic carbocycles. The minimum absolute atomic E-state index is 0.142. The predicted octanol–water partition coefficient (Wildman–Crippen LogP) is 3.72. The Bertz CT molecular complexity index is 1020. The van der Waals surface area contributed by atoms with E-state index in [9.17, 15) is 19.1 Å². The second kappa shape index (κ2) is 10.2. The van der Waals surface area contributed by atoms with Crippen LogP contribution in [-0.2, 0) is 14.3 Å². The molecule has 9 heteroatoms. The number of rotatable bonds is 8. The van der Waals surface area contributed by atoms with E-state index in [4.69, 9.17) is 21.1 Å². The first kappa shape index (κ1) is 22.5. The molecule has 1 aromatic carbocycles. The maximum atomic E-state index is 13.8. The molecular weight excluding hydrogens is 427 g/mol. The van der Waals surface area contributed by atoms with Gasteiger partial charge in [-0.25, -0.2) is 9.37 Å². The number of benzene rings is 1. The first-order valence-electron chi connectivity index (χ1n) is 9.46. The van der Waals surface area contributed by atoms with Gasteiger partial charge in [0.1, 0.15) is 18.4 Å². The van der Waals surface area contributed by atoms with E-state index in [1.807, 2.05) is 0 Å². The lowest BCUT2D eigenvalue weighted by Crippen LogP contribution is -2.36. The summed E-state index contributed by atoms with van der Waals surface area (Å²) in [5, 5.41) is 10.3. The maximum absolute atomic E-state index is 13.8. The van der Waals surface area contributed by atoms with Gasteiger partial charge in [-0.2, -0.15) is 0 Å². The Morgan fingerprint density at radius 2 is 2.03 bits per heavy atom. The SMILES string of the molecule is CCOC(=O)CC(=O)CN1C=C(c2ccc(Oc3ncc(Cl)cc3F)cc2)C=CC1O. The summed E-state index contributed by atoms with van der Waals surface area (Å²) in [5.41, 5.74) is 1.51. The molecule has 0 saturated heterocycles. The number of aliphatic hydroxyl groups excluding tert-OH is 1. The number of Topliss-reactive ketones (excluding diaryl/α,β-unsaturated/α-hetero) is 1. The van der Waals surface area contributed by atoms with Gasteiger partial charge in [-0.15, -0.1) is 0 Å². The molecule has 0 bridgehead atoms. The summed E-state index contributed by atoms with van der Waals surface area (Å²) in [5.74, 6) is -1.46. The molecule has 1 unspecified atom stereocenters. The smallest absolute Gasteiger partial charge is 0.313 e. The molecule has 0 radical (unpaired) electrons. The second-order valence-electron chi connectivity index (χ2n) is 6.62. The lowest BCUT2D eigenvalue weighted by Gasteiger charge is -2.27. The standard InChI is InChI=1S/C22H20ClFN2O5/c1-2-30-21(29)10-17(27)13-26-12-15(5-8-20(26)28)14-3-6-18(7-4-14)31-22-19(24)9-16(23)11-25-22/h3-9,11-12,20,28H,2,10,13H2,1H3. The van der Waals surface area contributed by atoms with Crippen molar-refractivity contribution in [3.05, 3.63) is 71.3 Å². The monoisotopic (exact) mass is 446 g/mol. The molecule has 31 heavy (non-hydrogen) atoms. The number of hydrogen-bond acceptors (Lipinski definition) is 7. The zero-order valence-electron chi connectivity index (χ0n) is 16.6. The van der Waals surface area contributed by atoms with Crippen molar-refractivity contribution in [2.45, 2.75) is 19.6 Å². The van der Waals surface area contributed by atoms with Crippen molar-refractivity contribution >= 4 is 28.9 Å². The highest BCUT2D eigenvalue weighted by atomic mass is 35.5. The van der Waals surface area contributed by atoms with E-state index in [1.54, 1.807) is 43.5 Å². The summed E-state index contributed by atoms with van der Waals surface area (Å²) in [4.78, 5) is 28.8. The minimum Gasteiger partial charge on any atom is -0.466 e.